The quantitative estimate of drug-likeness (QED) is 0.821. The van der Waals surface area contributed by atoms with Gasteiger partial charge in [-0.2, -0.15) is 0 Å². The van der Waals surface area contributed by atoms with Gasteiger partial charge in [0.15, 0.2) is 17.3 Å². The van der Waals surface area contributed by atoms with Gasteiger partial charge >= 0.3 is 6.03 Å². The smallest absolute Gasteiger partial charge is 0.321 e. The minimum absolute atomic E-state index is 0.0786. The first-order valence-corrected chi connectivity index (χ1v) is 9.67. The Morgan fingerprint density at radius 1 is 1.00 bits per heavy atom. The molecule has 2 heterocycles. The summed E-state index contributed by atoms with van der Waals surface area (Å²) in [6, 6.07) is 13.0. The van der Waals surface area contributed by atoms with Crippen LogP contribution in [0.3, 0.4) is 0 Å². The number of amides is 2. The summed E-state index contributed by atoms with van der Waals surface area (Å²) >= 11 is 0. The van der Waals surface area contributed by atoms with Gasteiger partial charge in [0.05, 0.1) is 0 Å². The average Bonchev–Trinajstić information content (AvgIpc) is 2.74. The van der Waals surface area contributed by atoms with Crippen molar-refractivity contribution in [3.63, 3.8) is 0 Å². The summed E-state index contributed by atoms with van der Waals surface area (Å²) in [5.74, 6) is 1.35. The van der Waals surface area contributed by atoms with Crippen LogP contribution in [-0.4, -0.2) is 43.0 Å². The molecule has 0 radical (unpaired) electrons. The first-order chi connectivity index (χ1) is 13.6. The molecule has 2 aromatic rings. The molecule has 0 aliphatic carbocycles. The lowest BCUT2D eigenvalue weighted by Gasteiger charge is -2.31. The van der Waals surface area contributed by atoms with E-state index in [4.69, 9.17) is 9.47 Å². The highest BCUT2D eigenvalue weighted by Crippen LogP contribution is 2.32. The number of nitrogens with one attached hydrogen (secondary N) is 1. The van der Waals surface area contributed by atoms with E-state index in [1.807, 2.05) is 31.2 Å². The lowest BCUT2D eigenvalue weighted by molar-refractivity contribution is 0.0858. The SMILES string of the molecule is Cc1ccccc1NC(=O)N1CCC(C(=O)c2ccc3c(c2)OCCO3)CC1. The molecule has 2 aliphatic heterocycles. The average molecular weight is 380 g/mol. The predicted octanol–water partition coefficient (Wildman–Crippen LogP) is 3.89. The molecule has 1 N–H and O–H groups in total. The van der Waals surface area contributed by atoms with E-state index in [1.54, 1.807) is 23.1 Å². The van der Waals surface area contributed by atoms with E-state index in [2.05, 4.69) is 5.32 Å². The molecule has 0 atom stereocenters. The fourth-order valence-electron chi connectivity index (χ4n) is 3.68. The van der Waals surface area contributed by atoms with E-state index in [1.165, 1.54) is 0 Å². The number of hydrogen-bond acceptors (Lipinski definition) is 4. The first-order valence-electron chi connectivity index (χ1n) is 9.67. The molecule has 4 rings (SSSR count). The van der Waals surface area contributed by atoms with Crippen LogP contribution in [0.1, 0.15) is 28.8 Å². The number of aryl methyl sites for hydroxylation is 1. The van der Waals surface area contributed by atoms with Crippen molar-refractivity contribution < 1.29 is 19.1 Å². The molecular formula is C22H24N2O4. The summed E-state index contributed by atoms with van der Waals surface area (Å²) in [4.78, 5) is 27.2. The minimum atomic E-state index is -0.112. The number of carbonyl (C=O) groups excluding carboxylic acids is 2. The van der Waals surface area contributed by atoms with Crippen molar-refractivity contribution in [1.29, 1.82) is 0 Å². The number of fused-ring (bicyclic) bond motifs is 1. The molecule has 2 aliphatic rings. The molecular weight excluding hydrogens is 356 g/mol. The van der Waals surface area contributed by atoms with Gasteiger partial charge in [0.25, 0.3) is 0 Å². The molecule has 6 heteroatoms. The van der Waals surface area contributed by atoms with Crippen molar-refractivity contribution in [2.45, 2.75) is 19.8 Å². The van der Waals surface area contributed by atoms with Crippen LogP contribution in [0.25, 0.3) is 0 Å². The highest BCUT2D eigenvalue weighted by atomic mass is 16.6. The summed E-state index contributed by atoms with van der Waals surface area (Å²) in [7, 11) is 0. The largest absolute Gasteiger partial charge is 0.486 e. The number of nitrogens with zero attached hydrogens (tertiary/aromatic N) is 1. The van der Waals surface area contributed by atoms with Crippen molar-refractivity contribution in [2.24, 2.45) is 5.92 Å². The highest BCUT2D eigenvalue weighted by Gasteiger charge is 2.29. The highest BCUT2D eigenvalue weighted by molar-refractivity contribution is 5.98. The number of rotatable bonds is 3. The van der Waals surface area contributed by atoms with Gasteiger partial charge in [0, 0.05) is 30.3 Å². The Morgan fingerprint density at radius 3 is 2.46 bits per heavy atom. The zero-order chi connectivity index (χ0) is 19.5. The monoisotopic (exact) mass is 380 g/mol. The van der Waals surface area contributed by atoms with Gasteiger partial charge in [-0.05, 0) is 49.6 Å². The van der Waals surface area contributed by atoms with Crippen LogP contribution in [0.4, 0.5) is 10.5 Å². The van der Waals surface area contributed by atoms with Crippen molar-refractivity contribution in [1.82, 2.24) is 4.90 Å². The van der Waals surface area contributed by atoms with Gasteiger partial charge in [0.1, 0.15) is 13.2 Å². The second-order valence-corrected chi connectivity index (χ2v) is 7.23. The number of urea groups is 1. The number of likely N-dealkylation sites (tertiary alicyclic amines) is 1. The van der Waals surface area contributed by atoms with Crippen LogP contribution >= 0.6 is 0 Å². The maximum atomic E-state index is 12.9. The second kappa shape index (κ2) is 7.92. The third-order valence-corrected chi connectivity index (χ3v) is 5.37. The van der Waals surface area contributed by atoms with Crippen LogP contribution in [0, 0.1) is 12.8 Å². The van der Waals surface area contributed by atoms with E-state index >= 15 is 0 Å². The van der Waals surface area contributed by atoms with Crippen LogP contribution in [-0.2, 0) is 0 Å². The molecule has 0 aromatic heterocycles. The molecule has 0 spiro atoms. The van der Waals surface area contributed by atoms with E-state index < -0.39 is 0 Å². The molecule has 0 unspecified atom stereocenters. The van der Waals surface area contributed by atoms with Gasteiger partial charge in [-0.25, -0.2) is 4.79 Å². The van der Waals surface area contributed by atoms with E-state index in [-0.39, 0.29) is 17.7 Å². The number of Topliss-reactive ketones (excluding diaryl/α,β-unsaturated/α-hetero) is 1. The molecule has 2 amide bonds. The number of benzene rings is 2. The number of hydrogen-bond donors (Lipinski definition) is 1. The Bertz CT molecular complexity index is 888. The van der Waals surface area contributed by atoms with Crippen molar-refractivity contribution in [3.8, 4) is 11.5 Å². The molecule has 1 fully saturated rings. The van der Waals surface area contributed by atoms with Gasteiger partial charge in [-0.1, -0.05) is 18.2 Å². The summed E-state index contributed by atoms with van der Waals surface area (Å²) in [6.45, 7) is 4.13. The summed E-state index contributed by atoms with van der Waals surface area (Å²) in [5, 5.41) is 2.96. The predicted molar refractivity (Wildman–Crippen MR) is 106 cm³/mol. The van der Waals surface area contributed by atoms with E-state index in [9.17, 15) is 9.59 Å². The summed E-state index contributed by atoms with van der Waals surface area (Å²) < 4.78 is 11.1. The zero-order valence-electron chi connectivity index (χ0n) is 15.9. The third-order valence-electron chi connectivity index (χ3n) is 5.37. The molecule has 1 saturated heterocycles. The number of anilines is 1. The Balaban J connectivity index is 1.35. The zero-order valence-corrected chi connectivity index (χ0v) is 15.9. The number of ether oxygens (including phenoxy) is 2. The molecule has 6 nitrogen and oxygen atoms in total. The van der Waals surface area contributed by atoms with Crippen molar-refractivity contribution in [2.75, 3.05) is 31.6 Å². The minimum Gasteiger partial charge on any atom is -0.486 e. The van der Waals surface area contributed by atoms with Crippen LogP contribution in [0.15, 0.2) is 42.5 Å². The Morgan fingerprint density at radius 2 is 1.71 bits per heavy atom. The third kappa shape index (κ3) is 3.81. The topological polar surface area (TPSA) is 67.9 Å². The van der Waals surface area contributed by atoms with Crippen molar-refractivity contribution in [3.05, 3.63) is 53.6 Å². The van der Waals surface area contributed by atoms with Gasteiger partial charge < -0.3 is 19.7 Å². The number of piperidine rings is 1. The molecule has 28 heavy (non-hydrogen) atoms. The first kappa shape index (κ1) is 18.3. The maximum Gasteiger partial charge on any atom is 0.321 e. The lowest BCUT2D eigenvalue weighted by atomic mass is 9.89. The van der Waals surface area contributed by atoms with Gasteiger partial charge in [-0.15, -0.1) is 0 Å². The fraction of sp³-hybridized carbons (Fsp3) is 0.364. The fourth-order valence-corrected chi connectivity index (χ4v) is 3.68. The van der Waals surface area contributed by atoms with Crippen LogP contribution in [0.2, 0.25) is 0 Å². The van der Waals surface area contributed by atoms with E-state index in [0.29, 0.717) is 56.2 Å². The number of ketones is 1. The molecule has 0 saturated carbocycles. The molecule has 146 valence electrons. The summed E-state index contributed by atoms with van der Waals surface area (Å²) in [6.07, 6.45) is 1.32. The number of carbonyl (C=O) groups is 2. The van der Waals surface area contributed by atoms with Crippen molar-refractivity contribution >= 4 is 17.5 Å². The summed E-state index contributed by atoms with van der Waals surface area (Å²) in [5.41, 5.74) is 2.49. The van der Waals surface area contributed by atoms with Crippen LogP contribution in [0.5, 0.6) is 11.5 Å². The van der Waals surface area contributed by atoms with Gasteiger partial charge in [-0.3, -0.25) is 4.79 Å². The lowest BCUT2D eigenvalue weighted by Crippen LogP contribution is -2.42. The van der Waals surface area contributed by atoms with E-state index in [0.717, 1.165) is 11.3 Å². The Hall–Kier alpha value is -3.02. The van der Waals surface area contributed by atoms with Crippen LogP contribution < -0.4 is 14.8 Å². The maximum absolute atomic E-state index is 12.9. The second-order valence-electron chi connectivity index (χ2n) is 7.23. The normalized spacial score (nSPS) is 16.5. The Kier molecular flexibility index (Phi) is 5.19. The Labute approximate surface area is 164 Å². The molecule has 0 bridgehead atoms. The standard InChI is InChI=1S/C22H24N2O4/c1-15-4-2-3-5-18(15)23-22(26)24-10-8-16(9-11-24)21(25)17-6-7-19-20(14-17)28-13-12-27-19/h2-7,14,16H,8-13H2,1H3,(H,23,26). The van der Waals surface area contributed by atoms with Gasteiger partial charge in [0.2, 0.25) is 0 Å². The number of para-hydroxylation sites is 1. The molecule has 2 aromatic carbocycles.